The molecule has 0 fully saturated rings. The fraction of sp³-hybridized carbons (Fsp3) is 0.100. The Labute approximate surface area is 81.2 Å². The third-order valence-corrected chi connectivity index (χ3v) is 1.69. The van der Waals surface area contributed by atoms with Gasteiger partial charge in [-0.2, -0.15) is 5.26 Å². The maximum absolute atomic E-state index is 13.2. The minimum atomic E-state index is -0.477. The zero-order chi connectivity index (χ0) is 10.6. The van der Waals surface area contributed by atoms with Crippen molar-refractivity contribution in [2.75, 3.05) is 12.8 Å². The molecule has 0 saturated carbocycles. The summed E-state index contributed by atoms with van der Waals surface area (Å²) in [5, 5.41) is 8.28. The van der Waals surface area contributed by atoms with Crippen molar-refractivity contribution in [1.29, 1.82) is 5.26 Å². The number of hydrogen-bond acceptors (Lipinski definition) is 3. The van der Waals surface area contributed by atoms with E-state index in [4.69, 9.17) is 15.7 Å². The van der Waals surface area contributed by atoms with E-state index >= 15 is 0 Å². The lowest BCUT2D eigenvalue weighted by Crippen LogP contribution is -1.95. The summed E-state index contributed by atoms with van der Waals surface area (Å²) >= 11 is 0. The highest BCUT2D eigenvalue weighted by atomic mass is 19.1. The van der Waals surface area contributed by atoms with Crippen LogP contribution in [0.3, 0.4) is 0 Å². The van der Waals surface area contributed by atoms with Crippen molar-refractivity contribution in [2.45, 2.75) is 0 Å². The van der Waals surface area contributed by atoms with Gasteiger partial charge in [0.25, 0.3) is 0 Å². The molecule has 4 heteroatoms. The molecule has 0 heterocycles. The Morgan fingerprint density at radius 3 is 2.86 bits per heavy atom. The molecule has 0 saturated heterocycles. The maximum atomic E-state index is 13.2. The number of methoxy groups -OCH3 is 1. The van der Waals surface area contributed by atoms with Gasteiger partial charge in [-0.25, -0.2) is 4.39 Å². The average molecular weight is 192 g/mol. The SMILES string of the molecule is COc1cc(C=CC#N)c(F)cc1N. The molecule has 3 nitrogen and oxygen atoms in total. The Bertz CT molecular complexity index is 407. The molecule has 72 valence electrons. The molecule has 0 aromatic heterocycles. The first-order chi connectivity index (χ1) is 6.69. The molecule has 1 rings (SSSR count). The first kappa shape index (κ1) is 10.1. The standard InChI is InChI=1S/C10H9FN2O/c1-14-10-5-7(3-2-4-12)8(11)6-9(10)13/h2-3,5-6H,13H2,1H3. The molecular weight excluding hydrogens is 183 g/mol. The Kier molecular flexibility index (Phi) is 3.08. The highest BCUT2D eigenvalue weighted by Crippen LogP contribution is 2.25. The van der Waals surface area contributed by atoms with Crippen LogP contribution >= 0.6 is 0 Å². The highest BCUT2D eigenvalue weighted by Gasteiger charge is 2.05. The zero-order valence-corrected chi connectivity index (χ0v) is 7.62. The van der Waals surface area contributed by atoms with Crippen LogP contribution in [0.2, 0.25) is 0 Å². The number of benzene rings is 1. The van der Waals surface area contributed by atoms with Gasteiger partial charge in [0.2, 0.25) is 0 Å². The van der Waals surface area contributed by atoms with Crippen molar-refractivity contribution in [1.82, 2.24) is 0 Å². The molecular formula is C10H9FN2O. The third-order valence-electron chi connectivity index (χ3n) is 1.69. The number of rotatable bonds is 2. The molecule has 0 spiro atoms. The summed E-state index contributed by atoms with van der Waals surface area (Å²) in [5.41, 5.74) is 5.99. The number of allylic oxidation sites excluding steroid dienone is 1. The number of anilines is 1. The van der Waals surface area contributed by atoms with Gasteiger partial charge in [0.15, 0.2) is 0 Å². The number of ether oxygens (including phenoxy) is 1. The van der Waals surface area contributed by atoms with E-state index in [2.05, 4.69) is 0 Å². The third kappa shape index (κ3) is 2.02. The number of nitrogens with two attached hydrogens (primary N) is 1. The van der Waals surface area contributed by atoms with Crippen LogP contribution in [0.5, 0.6) is 5.75 Å². The number of nitriles is 1. The summed E-state index contributed by atoms with van der Waals surface area (Å²) in [6, 6.07) is 4.38. The molecule has 0 radical (unpaired) electrons. The van der Waals surface area contributed by atoms with Crippen molar-refractivity contribution in [3.8, 4) is 11.8 Å². The van der Waals surface area contributed by atoms with Gasteiger partial charge in [-0.1, -0.05) is 0 Å². The molecule has 0 atom stereocenters. The second-order valence-corrected chi connectivity index (χ2v) is 2.58. The summed E-state index contributed by atoms with van der Waals surface area (Å²) in [6.07, 6.45) is 2.55. The van der Waals surface area contributed by atoms with Gasteiger partial charge in [-0.15, -0.1) is 0 Å². The molecule has 2 N–H and O–H groups in total. The van der Waals surface area contributed by atoms with Gasteiger partial charge in [0.05, 0.1) is 18.9 Å². The highest BCUT2D eigenvalue weighted by molar-refractivity contribution is 5.62. The monoisotopic (exact) mass is 192 g/mol. The van der Waals surface area contributed by atoms with E-state index in [-0.39, 0.29) is 11.3 Å². The molecule has 0 aliphatic carbocycles. The maximum Gasteiger partial charge on any atom is 0.142 e. The summed E-state index contributed by atoms with van der Waals surface area (Å²) in [5.74, 6) is -0.0845. The van der Waals surface area contributed by atoms with Crippen LogP contribution in [0.25, 0.3) is 6.08 Å². The van der Waals surface area contributed by atoms with E-state index in [0.717, 1.165) is 6.07 Å². The van der Waals surface area contributed by atoms with Gasteiger partial charge in [0.1, 0.15) is 11.6 Å². The second-order valence-electron chi connectivity index (χ2n) is 2.58. The van der Waals surface area contributed by atoms with Crippen LogP contribution in [0.4, 0.5) is 10.1 Å². The fourth-order valence-electron chi connectivity index (χ4n) is 1.02. The first-order valence-corrected chi connectivity index (χ1v) is 3.88. The molecule has 1 aromatic carbocycles. The van der Waals surface area contributed by atoms with Crippen molar-refractivity contribution in [2.24, 2.45) is 0 Å². The smallest absolute Gasteiger partial charge is 0.142 e. The quantitative estimate of drug-likeness (QED) is 0.575. The van der Waals surface area contributed by atoms with Crippen molar-refractivity contribution in [3.63, 3.8) is 0 Å². The van der Waals surface area contributed by atoms with E-state index in [1.54, 1.807) is 6.07 Å². The van der Waals surface area contributed by atoms with Crippen LogP contribution in [0.15, 0.2) is 18.2 Å². The van der Waals surface area contributed by atoms with Crippen LogP contribution in [0, 0.1) is 17.1 Å². The summed E-state index contributed by atoms with van der Waals surface area (Å²) < 4.78 is 18.1. The lowest BCUT2D eigenvalue weighted by Gasteiger charge is -2.05. The Morgan fingerprint density at radius 2 is 2.29 bits per heavy atom. The minimum absolute atomic E-state index is 0.235. The van der Waals surface area contributed by atoms with Gasteiger partial charge < -0.3 is 10.5 Å². The van der Waals surface area contributed by atoms with Crippen LogP contribution in [-0.4, -0.2) is 7.11 Å². The number of nitrogens with zero attached hydrogens (tertiary/aromatic N) is 1. The second kappa shape index (κ2) is 4.28. The van der Waals surface area contributed by atoms with Crippen molar-refractivity contribution in [3.05, 3.63) is 29.6 Å². The molecule has 1 aromatic rings. The Balaban J connectivity index is 3.18. The van der Waals surface area contributed by atoms with Gasteiger partial charge in [-0.05, 0) is 12.1 Å². The van der Waals surface area contributed by atoms with E-state index in [9.17, 15) is 4.39 Å². The van der Waals surface area contributed by atoms with E-state index in [0.29, 0.717) is 5.75 Å². The van der Waals surface area contributed by atoms with Crippen LogP contribution in [-0.2, 0) is 0 Å². The molecule has 0 amide bonds. The van der Waals surface area contributed by atoms with E-state index in [1.165, 1.54) is 25.3 Å². The van der Waals surface area contributed by atoms with E-state index < -0.39 is 5.82 Å². The molecule has 0 aliphatic heterocycles. The van der Waals surface area contributed by atoms with Crippen molar-refractivity contribution < 1.29 is 9.13 Å². The lowest BCUT2D eigenvalue weighted by molar-refractivity contribution is 0.416. The van der Waals surface area contributed by atoms with Gasteiger partial charge >= 0.3 is 0 Å². The summed E-state index contributed by atoms with van der Waals surface area (Å²) in [7, 11) is 1.45. The fourth-order valence-corrected chi connectivity index (χ4v) is 1.02. The first-order valence-electron chi connectivity index (χ1n) is 3.88. The largest absolute Gasteiger partial charge is 0.495 e. The number of nitrogen functional groups attached to an aromatic ring is 1. The molecule has 0 unspecified atom stereocenters. The molecule has 14 heavy (non-hydrogen) atoms. The normalized spacial score (nSPS) is 10.1. The van der Waals surface area contributed by atoms with E-state index in [1.807, 2.05) is 0 Å². The van der Waals surface area contributed by atoms with Crippen molar-refractivity contribution >= 4 is 11.8 Å². The summed E-state index contributed by atoms with van der Waals surface area (Å²) in [4.78, 5) is 0. The predicted octanol–water partition coefficient (Wildman–Crippen LogP) is 1.95. The van der Waals surface area contributed by atoms with Gasteiger partial charge in [0, 0.05) is 17.7 Å². The predicted molar refractivity (Wildman–Crippen MR) is 52.0 cm³/mol. The minimum Gasteiger partial charge on any atom is -0.495 e. The zero-order valence-electron chi connectivity index (χ0n) is 7.62. The summed E-state index contributed by atoms with van der Waals surface area (Å²) in [6.45, 7) is 0. The lowest BCUT2D eigenvalue weighted by atomic mass is 10.1. The Hall–Kier alpha value is -2.02. The molecule has 0 aliphatic rings. The molecule has 0 bridgehead atoms. The Morgan fingerprint density at radius 1 is 1.57 bits per heavy atom. The number of halogens is 1. The van der Waals surface area contributed by atoms with Gasteiger partial charge in [-0.3, -0.25) is 0 Å². The van der Waals surface area contributed by atoms with Crippen LogP contribution in [0.1, 0.15) is 5.56 Å². The average Bonchev–Trinajstić information content (AvgIpc) is 2.17. The number of hydrogen-bond donors (Lipinski definition) is 1. The van der Waals surface area contributed by atoms with Crippen LogP contribution < -0.4 is 10.5 Å². The topological polar surface area (TPSA) is 59.0 Å².